The predicted octanol–water partition coefficient (Wildman–Crippen LogP) is 6.21. The zero-order valence-electron chi connectivity index (χ0n) is 21.9. The molecule has 0 atom stereocenters. The molecule has 0 aliphatic carbocycles. The van der Waals surface area contributed by atoms with E-state index >= 15 is 0 Å². The number of aromatic amines is 1. The Labute approximate surface area is 224 Å². The highest BCUT2D eigenvalue weighted by atomic mass is 14.9. The predicted molar refractivity (Wildman–Crippen MR) is 158 cm³/mol. The van der Waals surface area contributed by atoms with Crippen LogP contribution in [-0.4, -0.2) is 24.9 Å². The van der Waals surface area contributed by atoms with Crippen molar-refractivity contribution in [3.05, 3.63) is 109 Å². The summed E-state index contributed by atoms with van der Waals surface area (Å²) in [6, 6.07) is 7.71. The molecule has 0 saturated carbocycles. The van der Waals surface area contributed by atoms with Crippen molar-refractivity contribution in [2.24, 2.45) is 0 Å². The summed E-state index contributed by atoms with van der Waals surface area (Å²) in [6.07, 6.45) is 23.3. The number of pyridine rings is 3. The quantitative estimate of drug-likeness (QED) is 0.175. The summed E-state index contributed by atoms with van der Waals surface area (Å²) in [4.78, 5) is 21.6. The van der Waals surface area contributed by atoms with Crippen LogP contribution in [0.4, 0.5) is 5.69 Å². The molecule has 4 rings (SSSR count). The van der Waals surface area contributed by atoms with E-state index < -0.39 is 0 Å². The Hall–Kier alpha value is -4.96. The Morgan fingerprint density at radius 3 is 2.55 bits per heavy atom. The summed E-state index contributed by atoms with van der Waals surface area (Å²) >= 11 is 0. The number of allylic oxidation sites excluding steroid dienone is 5. The molecule has 7 nitrogen and oxygen atoms in total. The lowest BCUT2D eigenvalue weighted by Gasteiger charge is -2.12. The molecule has 4 heterocycles. The smallest absolute Gasteiger partial charge is 0.113 e. The second-order valence-corrected chi connectivity index (χ2v) is 8.44. The van der Waals surface area contributed by atoms with E-state index in [1.807, 2.05) is 49.5 Å². The lowest BCUT2D eigenvalue weighted by atomic mass is 10.1. The summed E-state index contributed by atoms with van der Waals surface area (Å²) in [5, 5.41) is 3.33. The normalized spacial score (nSPS) is 11.5. The van der Waals surface area contributed by atoms with E-state index in [0.29, 0.717) is 12.1 Å². The van der Waals surface area contributed by atoms with Crippen molar-refractivity contribution in [3.63, 3.8) is 0 Å². The summed E-state index contributed by atoms with van der Waals surface area (Å²) in [7, 11) is 0. The van der Waals surface area contributed by atoms with Crippen LogP contribution in [0.25, 0.3) is 27.7 Å². The molecule has 4 aromatic rings. The van der Waals surface area contributed by atoms with E-state index in [-0.39, 0.29) is 0 Å². The lowest BCUT2D eigenvalue weighted by Crippen LogP contribution is -2.10. The number of H-pyrrole nitrogens is 1. The number of rotatable bonds is 10. The summed E-state index contributed by atoms with van der Waals surface area (Å²) in [5.41, 5.74) is 15.0. The van der Waals surface area contributed by atoms with Gasteiger partial charge in [0.2, 0.25) is 0 Å². The highest BCUT2D eigenvalue weighted by Crippen LogP contribution is 2.27. The van der Waals surface area contributed by atoms with E-state index in [4.69, 9.17) is 15.7 Å². The first-order valence-electron chi connectivity index (χ1n) is 12.3. The van der Waals surface area contributed by atoms with E-state index in [9.17, 15) is 0 Å². The number of hydrogen-bond acceptors (Lipinski definition) is 6. The van der Waals surface area contributed by atoms with Crippen LogP contribution in [0.3, 0.4) is 0 Å². The van der Waals surface area contributed by atoms with Gasteiger partial charge in [0.15, 0.2) is 0 Å². The van der Waals surface area contributed by atoms with Gasteiger partial charge in [0.1, 0.15) is 5.82 Å². The highest BCUT2D eigenvalue weighted by molar-refractivity contribution is 5.90. The van der Waals surface area contributed by atoms with Crippen LogP contribution in [0.2, 0.25) is 0 Å². The van der Waals surface area contributed by atoms with Crippen molar-refractivity contribution in [1.82, 2.24) is 30.2 Å². The Morgan fingerprint density at radius 2 is 1.87 bits per heavy atom. The third-order valence-corrected chi connectivity index (χ3v) is 5.79. The molecule has 0 amide bonds. The number of imidazole rings is 1. The molecule has 0 fully saturated rings. The Bertz CT molecular complexity index is 1490. The lowest BCUT2D eigenvalue weighted by molar-refractivity contribution is 0.829. The number of anilines is 1. The van der Waals surface area contributed by atoms with Gasteiger partial charge in [-0.15, -0.1) is 12.8 Å². The van der Waals surface area contributed by atoms with E-state index in [2.05, 4.69) is 53.2 Å². The maximum atomic E-state index is 6.32. The van der Waals surface area contributed by atoms with Gasteiger partial charge in [-0.3, -0.25) is 15.0 Å². The number of nitrogen functional groups attached to an aromatic ring is 1. The molecule has 4 aromatic heterocycles. The van der Waals surface area contributed by atoms with Crippen molar-refractivity contribution >= 4 is 22.3 Å². The van der Waals surface area contributed by atoms with Gasteiger partial charge in [-0.1, -0.05) is 32.6 Å². The number of fused-ring (bicyclic) bond motifs is 1. The Balaban J connectivity index is 0.00000195. The Morgan fingerprint density at radius 1 is 1.11 bits per heavy atom. The number of nitrogens with one attached hydrogen (secondary N) is 2. The van der Waals surface area contributed by atoms with Crippen LogP contribution in [0.5, 0.6) is 0 Å². The van der Waals surface area contributed by atoms with Gasteiger partial charge in [0, 0.05) is 35.5 Å². The second-order valence-electron chi connectivity index (χ2n) is 8.44. The second kappa shape index (κ2) is 13.4. The third-order valence-electron chi connectivity index (χ3n) is 5.79. The summed E-state index contributed by atoms with van der Waals surface area (Å²) < 4.78 is 0. The number of nitrogens with two attached hydrogens (primary N) is 1. The van der Waals surface area contributed by atoms with E-state index in [1.54, 1.807) is 24.7 Å². The molecule has 0 aliphatic rings. The largest absolute Gasteiger partial charge is 0.397 e. The fourth-order valence-electron chi connectivity index (χ4n) is 3.97. The van der Waals surface area contributed by atoms with Crippen LogP contribution in [0.1, 0.15) is 43.9 Å². The first kappa shape index (κ1) is 27.6. The van der Waals surface area contributed by atoms with Gasteiger partial charge in [-0.25, -0.2) is 4.98 Å². The minimum Gasteiger partial charge on any atom is -0.397 e. The van der Waals surface area contributed by atoms with E-state index in [0.717, 1.165) is 69.2 Å². The van der Waals surface area contributed by atoms with Crippen molar-refractivity contribution in [3.8, 4) is 24.0 Å². The molecule has 0 unspecified atom stereocenters. The third kappa shape index (κ3) is 6.62. The minimum absolute atomic E-state index is 0.463. The minimum atomic E-state index is 0.463. The molecule has 0 radical (unpaired) electrons. The van der Waals surface area contributed by atoms with Crippen molar-refractivity contribution in [2.45, 2.75) is 33.1 Å². The van der Waals surface area contributed by atoms with Gasteiger partial charge in [0.25, 0.3) is 0 Å². The number of nitrogens with zero attached hydrogens (tertiary/aromatic N) is 4. The molecule has 0 bridgehead atoms. The molecule has 0 aliphatic heterocycles. The molecule has 38 heavy (non-hydrogen) atoms. The van der Waals surface area contributed by atoms with Crippen LogP contribution in [0.15, 0.2) is 91.8 Å². The molecule has 0 aromatic carbocycles. The van der Waals surface area contributed by atoms with E-state index in [1.165, 1.54) is 0 Å². The van der Waals surface area contributed by atoms with Gasteiger partial charge < -0.3 is 16.0 Å². The first-order chi connectivity index (χ1) is 18.5. The van der Waals surface area contributed by atoms with Crippen LogP contribution >= 0.6 is 0 Å². The summed E-state index contributed by atoms with van der Waals surface area (Å²) in [5.74, 6) is 0.770. The summed E-state index contributed by atoms with van der Waals surface area (Å²) in [6.45, 7) is 12.1. The SMILES string of the molecule is C#C.C=C/C(=C\C(=C/C)c1ccc(N)c(Cc2nc3c(-c4ccncc4)cncc3[nH]2)n1)NC(=C)CCC. The Kier molecular flexibility index (Phi) is 9.72. The van der Waals surface area contributed by atoms with Crippen molar-refractivity contribution in [2.75, 3.05) is 5.73 Å². The van der Waals surface area contributed by atoms with Gasteiger partial charge in [-0.2, -0.15) is 0 Å². The van der Waals surface area contributed by atoms with Gasteiger partial charge in [-0.05, 0) is 60.9 Å². The number of terminal acetylenes is 1. The zero-order chi connectivity index (χ0) is 27.5. The molecule has 4 N–H and O–H groups in total. The first-order valence-corrected chi connectivity index (χ1v) is 12.3. The maximum absolute atomic E-state index is 6.32. The molecule has 0 spiro atoms. The van der Waals surface area contributed by atoms with Crippen LogP contribution in [0, 0.1) is 12.8 Å². The fourth-order valence-corrected chi connectivity index (χ4v) is 3.97. The monoisotopic (exact) mass is 503 g/mol. The average Bonchev–Trinajstić information content (AvgIpc) is 3.36. The highest BCUT2D eigenvalue weighted by Gasteiger charge is 2.13. The van der Waals surface area contributed by atoms with Crippen molar-refractivity contribution < 1.29 is 0 Å². The number of hydrogen-bond donors (Lipinski definition) is 3. The van der Waals surface area contributed by atoms with Gasteiger partial charge >= 0.3 is 0 Å². The molecule has 0 saturated heterocycles. The van der Waals surface area contributed by atoms with Crippen LogP contribution < -0.4 is 11.1 Å². The van der Waals surface area contributed by atoms with Crippen LogP contribution in [-0.2, 0) is 6.42 Å². The topological polar surface area (TPSA) is 105 Å². The van der Waals surface area contributed by atoms with Crippen molar-refractivity contribution in [1.29, 1.82) is 0 Å². The standard InChI is InChI=1S/C29H31N7.C2H2/c1-5-8-19(4)33-22(7-3)15-20(6-2)25-10-9-24(30)26(34-25)16-28-35-27-18-32-17-23(29(27)36-28)21-11-13-31-14-12-21;1-2/h6-7,9-15,17-18,33H,3-5,8,16,30H2,1-2H3,(H,35,36);1-2H/b20-6+,22-15+;. The zero-order valence-corrected chi connectivity index (χ0v) is 21.9. The maximum Gasteiger partial charge on any atom is 0.113 e. The molecular weight excluding hydrogens is 470 g/mol. The number of aromatic nitrogens is 5. The van der Waals surface area contributed by atoms with Gasteiger partial charge in [0.05, 0.1) is 40.7 Å². The fraction of sp³-hybridized carbons (Fsp3) is 0.161. The average molecular weight is 504 g/mol. The molecular formula is C31H33N7. The molecule has 7 heteroatoms. The molecule has 192 valence electrons.